The van der Waals surface area contributed by atoms with Gasteiger partial charge in [-0.15, -0.1) is 0 Å². The predicted octanol–water partition coefficient (Wildman–Crippen LogP) is 2.82. The van der Waals surface area contributed by atoms with Gasteiger partial charge in [0.25, 0.3) is 0 Å². The van der Waals surface area contributed by atoms with Crippen molar-refractivity contribution in [3.8, 4) is 0 Å². The average molecular weight is 368 g/mol. The van der Waals surface area contributed by atoms with E-state index in [-0.39, 0.29) is 6.04 Å². The van der Waals surface area contributed by atoms with Gasteiger partial charge < -0.3 is 9.42 Å². The summed E-state index contributed by atoms with van der Waals surface area (Å²) in [5, 5.41) is 4.00. The van der Waals surface area contributed by atoms with Crippen LogP contribution in [0.2, 0.25) is 0 Å². The van der Waals surface area contributed by atoms with Crippen molar-refractivity contribution >= 4 is 5.91 Å². The van der Waals surface area contributed by atoms with Crippen molar-refractivity contribution in [1.82, 2.24) is 19.9 Å². The van der Waals surface area contributed by atoms with Crippen molar-refractivity contribution in [3.63, 3.8) is 0 Å². The van der Waals surface area contributed by atoms with E-state index in [1.54, 1.807) is 0 Å². The van der Waals surface area contributed by atoms with Crippen molar-refractivity contribution in [3.05, 3.63) is 47.6 Å². The summed E-state index contributed by atoms with van der Waals surface area (Å²) < 4.78 is 5.06. The van der Waals surface area contributed by atoms with Gasteiger partial charge in [-0.2, -0.15) is 4.98 Å². The lowest BCUT2D eigenvalue weighted by molar-refractivity contribution is -0.137. The van der Waals surface area contributed by atoms with E-state index in [9.17, 15) is 4.79 Å². The average Bonchev–Trinajstić information content (AvgIpc) is 3.31. The number of aromatic nitrogens is 2. The van der Waals surface area contributed by atoms with Crippen LogP contribution in [0.1, 0.15) is 43.0 Å². The third-order valence-electron chi connectivity index (χ3n) is 5.84. The highest BCUT2D eigenvalue weighted by Crippen LogP contribution is 2.26. The van der Waals surface area contributed by atoms with Gasteiger partial charge in [0.15, 0.2) is 5.82 Å². The van der Waals surface area contributed by atoms with Crippen LogP contribution in [0.15, 0.2) is 34.9 Å². The zero-order valence-corrected chi connectivity index (χ0v) is 16.0. The Balaban J connectivity index is 1.30. The zero-order valence-electron chi connectivity index (χ0n) is 16.0. The molecule has 0 radical (unpaired) electrons. The SMILES string of the molecule is Cc1nc(CC2CCN(C(=O)[C@@H]3CCCN3Cc3ccccc3)CC2)no1. The van der Waals surface area contributed by atoms with Gasteiger partial charge in [-0.1, -0.05) is 35.5 Å². The number of benzene rings is 1. The van der Waals surface area contributed by atoms with Gasteiger partial charge >= 0.3 is 0 Å². The first-order chi connectivity index (χ1) is 13.2. The predicted molar refractivity (Wildman–Crippen MR) is 102 cm³/mol. The molecule has 4 rings (SSSR count). The minimum atomic E-state index is 0.0432. The lowest BCUT2D eigenvalue weighted by Crippen LogP contribution is -2.48. The van der Waals surface area contributed by atoms with Crippen LogP contribution in [0, 0.1) is 12.8 Å². The van der Waals surface area contributed by atoms with Crippen molar-refractivity contribution in [2.75, 3.05) is 19.6 Å². The van der Waals surface area contributed by atoms with E-state index in [0.29, 0.717) is 17.7 Å². The first-order valence-electron chi connectivity index (χ1n) is 10.0. The highest BCUT2D eigenvalue weighted by atomic mass is 16.5. The largest absolute Gasteiger partial charge is 0.341 e. The number of piperidine rings is 1. The summed E-state index contributed by atoms with van der Waals surface area (Å²) in [5.41, 5.74) is 1.28. The molecule has 1 amide bonds. The summed E-state index contributed by atoms with van der Waals surface area (Å²) in [6, 6.07) is 10.5. The number of hydrogen-bond acceptors (Lipinski definition) is 5. The number of rotatable bonds is 5. The van der Waals surface area contributed by atoms with E-state index in [2.05, 4.69) is 44.2 Å². The molecular weight excluding hydrogens is 340 g/mol. The number of amides is 1. The number of aryl methyl sites for hydroxylation is 1. The molecule has 144 valence electrons. The minimum absolute atomic E-state index is 0.0432. The molecule has 0 aliphatic carbocycles. The Bertz CT molecular complexity index is 753. The molecule has 2 saturated heterocycles. The fraction of sp³-hybridized carbons (Fsp3) is 0.571. The third-order valence-corrected chi connectivity index (χ3v) is 5.84. The Kier molecular flexibility index (Phi) is 5.53. The standard InChI is InChI=1S/C21H28N4O2/c1-16-22-20(23-27-16)14-17-9-12-24(13-10-17)21(26)19-8-5-11-25(19)15-18-6-3-2-4-7-18/h2-4,6-7,17,19H,5,8-15H2,1H3/t19-/m0/s1. The number of hydrogen-bond donors (Lipinski definition) is 0. The second-order valence-electron chi connectivity index (χ2n) is 7.82. The van der Waals surface area contributed by atoms with Crippen molar-refractivity contribution in [1.29, 1.82) is 0 Å². The highest BCUT2D eigenvalue weighted by Gasteiger charge is 2.35. The number of likely N-dealkylation sites (tertiary alicyclic amines) is 2. The molecule has 0 unspecified atom stereocenters. The fourth-order valence-electron chi connectivity index (χ4n) is 4.36. The normalized spacial score (nSPS) is 21.7. The summed E-state index contributed by atoms with van der Waals surface area (Å²) in [4.78, 5) is 21.8. The summed E-state index contributed by atoms with van der Waals surface area (Å²) >= 11 is 0. The summed E-state index contributed by atoms with van der Waals surface area (Å²) in [6.45, 7) is 5.39. The molecule has 1 aromatic carbocycles. The van der Waals surface area contributed by atoms with E-state index < -0.39 is 0 Å². The molecule has 6 heteroatoms. The molecule has 1 aromatic heterocycles. The number of nitrogens with zero attached hydrogens (tertiary/aromatic N) is 4. The molecule has 3 heterocycles. The maximum Gasteiger partial charge on any atom is 0.239 e. The molecule has 27 heavy (non-hydrogen) atoms. The Labute approximate surface area is 160 Å². The van der Waals surface area contributed by atoms with Crippen LogP contribution < -0.4 is 0 Å². The topological polar surface area (TPSA) is 62.5 Å². The van der Waals surface area contributed by atoms with Crippen molar-refractivity contribution < 1.29 is 9.32 Å². The van der Waals surface area contributed by atoms with Crippen LogP contribution in [0.25, 0.3) is 0 Å². The minimum Gasteiger partial charge on any atom is -0.341 e. The first kappa shape index (κ1) is 18.2. The Morgan fingerprint density at radius 1 is 1.15 bits per heavy atom. The first-order valence-corrected chi connectivity index (χ1v) is 10.0. The van der Waals surface area contributed by atoms with Gasteiger partial charge in [0.1, 0.15) is 0 Å². The van der Waals surface area contributed by atoms with E-state index in [0.717, 1.165) is 64.1 Å². The van der Waals surface area contributed by atoms with E-state index in [1.165, 1.54) is 5.56 Å². The molecule has 2 aliphatic heterocycles. The van der Waals surface area contributed by atoms with Crippen molar-refractivity contribution in [2.45, 2.75) is 51.6 Å². The molecule has 0 N–H and O–H groups in total. The summed E-state index contributed by atoms with van der Waals surface area (Å²) in [5.74, 6) is 2.27. The van der Waals surface area contributed by atoms with Crippen LogP contribution in [-0.4, -0.2) is 51.5 Å². The molecule has 2 aromatic rings. The van der Waals surface area contributed by atoms with Crippen LogP contribution in [0.5, 0.6) is 0 Å². The van der Waals surface area contributed by atoms with E-state index in [4.69, 9.17) is 4.52 Å². The quantitative estimate of drug-likeness (QED) is 0.812. The lowest BCUT2D eigenvalue weighted by Gasteiger charge is -2.35. The van der Waals surface area contributed by atoms with Gasteiger partial charge in [0.2, 0.25) is 11.8 Å². The van der Waals surface area contributed by atoms with Crippen molar-refractivity contribution in [2.24, 2.45) is 5.92 Å². The third kappa shape index (κ3) is 4.38. The van der Waals surface area contributed by atoms with E-state index >= 15 is 0 Å². The zero-order chi connectivity index (χ0) is 18.6. The van der Waals surface area contributed by atoms with Gasteiger partial charge in [-0.05, 0) is 43.7 Å². The maximum atomic E-state index is 13.1. The van der Waals surface area contributed by atoms with E-state index in [1.807, 2.05) is 13.0 Å². The number of carbonyl (C=O) groups excluding carboxylic acids is 1. The summed E-state index contributed by atoms with van der Waals surface area (Å²) in [7, 11) is 0. The molecule has 1 atom stereocenters. The van der Waals surface area contributed by atoms with Gasteiger partial charge in [0, 0.05) is 33.0 Å². The van der Waals surface area contributed by atoms with Crippen LogP contribution in [0.4, 0.5) is 0 Å². The highest BCUT2D eigenvalue weighted by molar-refractivity contribution is 5.82. The molecule has 0 spiro atoms. The Hall–Kier alpha value is -2.21. The van der Waals surface area contributed by atoms with Crippen LogP contribution in [0.3, 0.4) is 0 Å². The molecule has 0 bridgehead atoms. The lowest BCUT2D eigenvalue weighted by atomic mass is 9.93. The molecule has 0 saturated carbocycles. The Morgan fingerprint density at radius 2 is 1.93 bits per heavy atom. The molecule has 2 aliphatic rings. The smallest absolute Gasteiger partial charge is 0.239 e. The van der Waals surface area contributed by atoms with Gasteiger partial charge in [0.05, 0.1) is 6.04 Å². The van der Waals surface area contributed by atoms with Crippen LogP contribution in [-0.2, 0) is 17.8 Å². The fourth-order valence-corrected chi connectivity index (χ4v) is 4.36. The summed E-state index contributed by atoms with van der Waals surface area (Å²) in [6.07, 6.45) is 4.98. The molecule has 2 fully saturated rings. The second-order valence-corrected chi connectivity index (χ2v) is 7.82. The van der Waals surface area contributed by atoms with Crippen LogP contribution >= 0.6 is 0 Å². The van der Waals surface area contributed by atoms with Gasteiger partial charge in [-0.25, -0.2) is 0 Å². The van der Waals surface area contributed by atoms with Gasteiger partial charge in [-0.3, -0.25) is 9.69 Å². The molecular formula is C21H28N4O2. The number of carbonyl (C=O) groups is 1. The molecule has 6 nitrogen and oxygen atoms in total. The Morgan fingerprint density at radius 3 is 2.63 bits per heavy atom. The monoisotopic (exact) mass is 368 g/mol. The second kappa shape index (κ2) is 8.21. The maximum absolute atomic E-state index is 13.1.